The lowest BCUT2D eigenvalue weighted by Gasteiger charge is -2.16. The molecular formula is C13H19FN2. The third-order valence-corrected chi connectivity index (χ3v) is 2.95. The van der Waals surface area contributed by atoms with Gasteiger partial charge in [-0.15, -0.1) is 0 Å². The molecule has 1 aliphatic carbocycles. The summed E-state index contributed by atoms with van der Waals surface area (Å²) < 4.78 is 13.3. The molecule has 2 rings (SSSR count). The molecule has 0 aliphatic heterocycles. The predicted molar refractivity (Wildman–Crippen MR) is 65.1 cm³/mol. The van der Waals surface area contributed by atoms with Crippen LogP contribution in [0.3, 0.4) is 0 Å². The SMILES string of the molecule is CN(CCNc1ccccc1F)CC1CC1. The van der Waals surface area contributed by atoms with Crippen LogP contribution in [0.2, 0.25) is 0 Å². The third kappa shape index (κ3) is 3.49. The fraction of sp³-hybridized carbons (Fsp3) is 0.538. The van der Waals surface area contributed by atoms with Gasteiger partial charge in [0.25, 0.3) is 0 Å². The van der Waals surface area contributed by atoms with Crippen molar-refractivity contribution >= 4 is 5.69 Å². The number of halogens is 1. The average molecular weight is 222 g/mol. The van der Waals surface area contributed by atoms with Crippen molar-refractivity contribution in [3.05, 3.63) is 30.1 Å². The largest absolute Gasteiger partial charge is 0.381 e. The van der Waals surface area contributed by atoms with Gasteiger partial charge in [-0.3, -0.25) is 0 Å². The Balaban J connectivity index is 1.68. The molecule has 1 saturated carbocycles. The molecule has 0 spiro atoms. The molecule has 0 heterocycles. The van der Waals surface area contributed by atoms with Gasteiger partial charge in [-0.1, -0.05) is 12.1 Å². The standard InChI is InChI=1S/C13H19FN2/c1-16(10-11-6-7-11)9-8-15-13-5-3-2-4-12(13)14/h2-5,11,15H,6-10H2,1H3. The molecule has 1 N–H and O–H groups in total. The van der Waals surface area contributed by atoms with Crippen LogP contribution in [0, 0.1) is 11.7 Å². The molecule has 1 aliphatic rings. The van der Waals surface area contributed by atoms with Crippen molar-refractivity contribution < 1.29 is 4.39 Å². The van der Waals surface area contributed by atoms with E-state index in [9.17, 15) is 4.39 Å². The Morgan fingerprint density at radius 2 is 2.12 bits per heavy atom. The Labute approximate surface area is 96.5 Å². The third-order valence-electron chi connectivity index (χ3n) is 2.95. The van der Waals surface area contributed by atoms with Gasteiger partial charge in [-0.25, -0.2) is 4.39 Å². The molecule has 2 nitrogen and oxygen atoms in total. The minimum atomic E-state index is -0.174. The number of nitrogens with zero attached hydrogens (tertiary/aromatic N) is 1. The minimum Gasteiger partial charge on any atom is -0.381 e. The fourth-order valence-electron chi connectivity index (χ4n) is 1.82. The highest BCUT2D eigenvalue weighted by atomic mass is 19.1. The highest BCUT2D eigenvalue weighted by Crippen LogP contribution is 2.29. The van der Waals surface area contributed by atoms with Gasteiger partial charge >= 0.3 is 0 Å². The van der Waals surface area contributed by atoms with E-state index in [0.29, 0.717) is 5.69 Å². The fourth-order valence-corrected chi connectivity index (χ4v) is 1.82. The highest BCUT2D eigenvalue weighted by Gasteiger charge is 2.22. The van der Waals surface area contributed by atoms with E-state index in [4.69, 9.17) is 0 Å². The molecule has 1 aromatic carbocycles. The van der Waals surface area contributed by atoms with Crippen LogP contribution in [0.15, 0.2) is 24.3 Å². The van der Waals surface area contributed by atoms with Gasteiger partial charge in [-0.05, 0) is 37.9 Å². The first-order chi connectivity index (χ1) is 7.75. The molecule has 88 valence electrons. The van der Waals surface area contributed by atoms with Gasteiger partial charge in [-0.2, -0.15) is 0 Å². The molecule has 1 aromatic rings. The van der Waals surface area contributed by atoms with Crippen molar-refractivity contribution in [1.29, 1.82) is 0 Å². The van der Waals surface area contributed by atoms with Crippen LogP contribution in [0.5, 0.6) is 0 Å². The van der Waals surface area contributed by atoms with Crippen molar-refractivity contribution in [1.82, 2.24) is 4.90 Å². The molecule has 0 unspecified atom stereocenters. The van der Waals surface area contributed by atoms with Crippen LogP contribution in [-0.2, 0) is 0 Å². The maximum Gasteiger partial charge on any atom is 0.146 e. The number of rotatable bonds is 6. The lowest BCUT2D eigenvalue weighted by Crippen LogP contribution is -2.27. The van der Waals surface area contributed by atoms with Gasteiger partial charge in [0.2, 0.25) is 0 Å². The number of hydrogen-bond donors (Lipinski definition) is 1. The molecule has 1 fully saturated rings. The Hall–Kier alpha value is -1.09. The summed E-state index contributed by atoms with van der Waals surface area (Å²) in [6, 6.07) is 6.81. The van der Waals surface area contributed by atoms with Gasteiger partial charge in [0.05, 0.1) is 5.69 Å². The monoisotopic (exact) mass is 222 g/mol. The topological polar surface area (TPSA) is 15.3 Å². The number of hydrogen-bond acceptors (Lipinski definition) is 2. The number of likely N-dealkylation sites (N-methyl/N-ethyl adjacent to an activating group) is 1. The lowest BCUT2D eigenvalue weighted by atomic mass is 10.3. The predicted octanol–water partition coefficient (Wildman–Crippen LogP) is 2.58. The summed E-state index contributed by atoms with van der Waals surface area (Å²) >= 11 is 0. The van der Waals surface area contributed by atoms with Crippen molar-refractivity contribution in [3.8, 4) is 0 Å². The van der Waals surface area contributed by atoms with Crippen molar-refractivity contribution in [3.63, 3.8) is 0 Å². The van der Waals surface area contributed by atoms with E-state index in [1.54, 1.807) is 12.1 Å². The second-order valence-corrected chi connectivity index (χ2v) is 4.61. The smallest absolute Gasteiger partial charge is 0.146 e. The van der Waals surface area contributed by atoms with E-state index in [1.807, 2.05) is 6.07 Å². The first kappa shape index (κ1) is 11.4. The van der Waals surface area contributed by atoms with Crippen LogP contribution in [0.4, 0.5) is 10.1 Å². The normalized spacial score (nSPS) is 15.4. The molecule has 0 radical (unpaired) electrons. The summed E-state index contributed by atoms with van der Waals surface area (Å²) in [6.07, 6.45) is 2.76. The first-order valence-corrected chi connectivity index (χ1v) is 5.92. The summed E-state index contributed by atoms with van der Waals surface area (Å²) in [5.41, 5.74) is 0.599. The van der Waals surface area contributed by atoms with Crippen LogP contribution >= 0.6 is 0 Å². The molecule has 0 bridgehead atoms. The van der Waals surface area contributed by atoms with Crippen molar-refractivity contribution in [2.75, 3.05) is 32.0 Å². The second-order valence-electron chi connectivity index (χ2n) is 4.61. The number of para-hydroxylation sites is 1. The number of anilines is 1. The molecule has 16 heavy (non-hydrogen) atoms. The van der Waals surface area contributed by atoms with Gasteiger partial charge in [0.1, 0.15) is 5.82 Å². The quantitative estimate of drug-likeness (QED) is 0.796. The Bertz CT molecular complexity index is 336. The number of nitrogens with one attached hydrogen (secondary N) is 1. The minimum absolute atomic E-state index is 0.174. The second kappa shape index (κ2) is 5.30. The van der Waals surface area contributed by atoms with Crippen LogP contribution < -0.4 is 5.32 Å². The van der Waals surface area contributed by atoms with Crippen LogP contribution in [-0.4, -0.2) is 31.6 Å². The van der Waals surface area contributed by atoms with Gasteiger partial charge < -0.3 is 10.2 Å². The zero-order valence-electron chi connectivity index (χ0n) is 9.75. The lowest BCUT2D eigenvalue weighted by molar-refractivity contribution is 0.332. The van der Waals surface area contributed by atoms with E-state index in [1.165, 1.54) is 25.5 Å². The Morgan fingerprint density at radius 1 is 1.38 bits per heavy atom. The van der Waals surface area contributed by atoms with Crippen LogP contribution in [0.25, 0.3) is 0 Å². The molecule has 3 heteroatoms. The molecular weight excluding hydrogens is 203 g/mol. The van der Waals surface area contributed by atoms with E-state index in [-0.39, 0.29) is 5.82 Å². The summed E-state index contributed by atoms with van der Waals surface area (Å²) in [5.74, 6) is 0.741. The van der Waals surface area contributed by atoms with E-state index >= 15 is 0 Å². The van der Waals surface area contributed by atoms with E-state index in [0.717, 1.165) is 19.0 Å². The summed E-state index contributed by atoms with van der Waals surface area (Å²) in [6.45, 7) is 2.94. The van der Waals surface area contributed by atoms with E-state index < -0.39 is 0 Å². The molecule has 0 saturated heterocycles. The highest BCUT2D eigenvalue weighted by molar-refractivity contribution is 5.44. The molecule has 0 aromatic heterocycles. The maximum atomic E-state index is 13.3. The summed E-state index contributed by atoms with van der Waals surface area (Å²) in [4.78, 5) is 2.31. The van der Waals surface area contributed by atoms with Crippen LogP contribution in [0.1, 0.15) is 12.8 Å². The van der Waals surface area contributed by atoms with E-state index in [2.05, 4.69) is 17.3 Å². The number of benzene rings is 1. The molecule has 0 amide bonds. The maximum absolute atomic E-state index is 13.3. The summed E-state index contributed by atoms with van der Waals surface area (Å²) in [5, 5.41) is 3.12. The van der Waals surface area contributed by atoms with Gasteiger partial charge in [0.15, 0.2) is 0 Å². The van der Waals surface area contributed by atoms with Crippen molar-refractivity contribution in [2.24, 2.45) is 5.92 Å². The average Bonchev–Trinajstić information content (AvgIpc) is 3.05. The Kier molecular flexibility index (Phi) is 3.78. The van der Waals surface area contributed by atoms with Crippen molar-refractivity contribution in [2.45, 2.75) is 12.8 Å². The first-order valence-electron chi connectivity index (χ1n) is 5.92. The Morgan fingerprint density at radius 3 is 2.81 bits per heavy atom. The summed E-state index contributed by atoms with van der Waals surface area (Å²) in [7, 11) is 2.13. The molecule has 0 atom stereocenters. The zero-order valence-corrected chi connectivity index (χ0v) is 9.75. The zero-order chi connectivity index (χ0) is 11.4. The van der Waals surface area contributed by atoms with Gasteiger partial charge in [0, 0.05) is 19.6 Å².